The first-order chi connectivity index (χ1) is 17.3. The van der Waals surface area contributed by atoms with Gasteiger partial charge in [-0.15, -0.1) is 0 Å². The Hall–Kier alpha value is -3.29. The van der Waals surface area contributed by atoms with Crippen LogP contribution in [0, 0.1) is 18.6 Å². The Morgan fingerprint density at radius 2 is 1.33 bits per heavy atom. The Kier molecular flexibility index (Phi) is 6.53. The molecule has 4 aromatic rings. The van der Waals surface area contributed by atoms with Crippen molar-refractivity contribution >= 4 is 37.2 Å². The fraction of sp³-hybridized carbons (Fsp3) is 0.103. The molecule has 1 atom stereocenters. The van der Waals surface area contributed by atoms with E-state index in [-0.39, 0.29) is 10.7 Å². The van der Waals surface area contributed by atoms with E-state index in [9.17, 15) is 17.2 Å². The average Bonchev–Trinajstić information content (AvgIpc) is 3.27. The summed E-state index contributed by atoms with van der Waals surface area (Å²) in [7, 11) is -4.04. The first kappa shape index (κ1) is 24.4. The summed E-state index contributed by atoms with van der Waals surface area (Å²) in [5, 5.41) is 0. The summed E-state index contributed by atoms with van der Waals surface area (Å²) in [6.45, 7) is 1.90. The van der Waals surface area contributed by atoms with Gasteiger partial charge >= 0.3 is 0 Å². The second-order valence-electron chi connectivity index (χ2n) is 8.70. The van der Waals surface area contributed by atoms with Gasteiger partial charge in [-0.3, -0.25) is 4.31 Å². The van der Waals surface area contributed by atoms with Crippen molar-refractivity contribution in [2.45, 2.75) is 24.3 Å². The molecule has 0 saturated heterocycles. The Morgan fingerprint density at radius 3 is 1.92 bits per heavy atom. The molecular weight excluding hydrogens is 544 g/mol. The second kappa shape index (κ2) is 9.64. The Labute approximate surface area is 217 Å². The molecule has 1 aliphatic heterocycles. The zero-order valence-corrected chi connectivity index (χ0v) is 21.7. The molecule has 0 aliphatic carbocycles. The monoisotopic (exact) mass is 565 g/mol. The minimum atomic E-state index is -4.04. The van der Waals surface area contributed by atoms with Crippen LogP contribution in [-0.4, -0.2) is 12.7 Å². The molecule has 1 aliphatic rings. The minimum absolute atomic E-state index is 0.158. The van der Waals surface area contributed by atoms with Gasteiger partial charge in [-0.25, -0.2) is 17.2 Å². The zero-order valence-electron chi connectivity index (χ0n) is 19.3. The Balaban J connectivity index is 1.80. The van der Waals surface area contributed by atoms with E-state index in [0.29, 0.717) is 23.2 Å². The number of hydrogen-bond acceptors (Lipinski definition) is 2. The van der Waals surface area contributed by atoms with Crippen LogP contribution in [-0.2, 0) is 10.0 Å². The van der Waals surface area contributed by atoms with Crippen molar-refractivity contribution in [3.63, 3.8) is 0 Å². The van der Waals surface area contributed by atoms with Gasteiger partial charge in [0, 0.05) is 10.9 Å². The molecule has 3 nitrogen and oxygen atoms in total. The molecule has 5 rings (SSSR count). The maximum atomic E-state index is 14.3. The van der Waals surface area contributed by atoms with Crippen molar-refractivity contribution in [1.29, 1.82) is 0 Å². The van der Waals surface area contributed by atoms with Crippen LogP contribution < -0.4 is 0 Å². The Morgan fingerprint density at radius 1 is 0.778 bits per heavy atom. The highest BCUT2D eigenvalue weighted by molar-refractivity contribution is 9.10. The van der Waals surface area contributed by atoms with Crippen molar-refractivity contribution in [3.05, 3.63) is 135 Å². The number of aryl methyl sites for hydroxylation is 1. The molecule has 4 aromatic carbocycles. The number of nitrogens with zero attached hydrogens (tertiary/aromatic N) is 1. The van der Waals surface area contributed by atoms with Gasteiger partial charge in [-0.1, -0.05) is 64.0 Å². The van der Waals surface area contributed by atoms with E-state index in [1.54, 1.807) is 48.5 Å². The van der Waals surface area contributed by atoms with E-state index in [4.69, 9.17) is 0 Å². The van der Waals surface area contributed by atoms with Gasteiger partial charge in [0.1, 0.15) is 11.6 Å². The lowest BCUT2D eigenvalue weighted by Gasteiger charge is -2.30. The molecule has 0 fully saturated rings. The highest BCUT2D eigenvalue weighted by atomic mass is 79.9. The van der Waals surface area contributed by atoms with Crippen LogP contribution in [0.4, 0.5) is 8.78 Å². The van der Waals surface area contributed by atoms with Gasteiger partial charge in [0.15, 0.2) is 0 Å². The lowest BCUT2D eigenvalue weighted by molar-refractivity contribution is 0.445. The number of sulfonamides is 1. The number of hydrogen-bond donors (Lipinski definition) is 0. The third-order valence-electron chi connectivity index (χ3n) is 6.34. The molecule has 0 radical (unpaired) electrons. The quantitative estimate of drug-likeness (QED) is 0.248. The normalized spacial score (nSPS) is 16.0. The van der Waals surface area contributed by atoms with Gasteiger partial charge in [0.2, 0.25) is 0 Å². The van der Waals surface area contributed by atoms with Crippen LogP contribution in [0.25, 0.3) is 11.3 Å². The molecule has 7 heteroatoms. The van der Waals surface area contributed by atoms with Crippen molar-refractivity contribution in [1.82, 2.24) is 4.31 Å². The highest BCUT2D eigenvalue weighted by Crippen LogP contribution is 2.51. The van der Waals surface area contributed by atoms with E-state index in [2.05, 4.69) is 15.9 Å². The summed E-state index contributed by atoms with van der Waals surface area (Å²) in [4.78, 5) is 0.158. The molecule has 0 bridgehead atoms. The summed E-state index contributed by atoms with van der Waals surface area (Å²) in [5.41, 5.74) is 4.18. The number of halogens is 3. The maximum Gasteiger partial charge on any atom is 0.264 e. The first-order valence-electron chi connectivity index (χ1n) is 11.4. The van der Waals surface area contributed by atoms with E-state index in [0.717, 1.165) is 21.2 Å². The van der Waals surface area contributed by atoms with Gasteiger partial charge in [0.05, 0.1) is 16.6 Å². The number of rotatable bonds is 5. The third kappa shape index (κ3) is 4.49. The van der Waals surface area contributed by atoms with E-state index < -0.39 is 21.9 Å². The molecule has 182 valence electrons. The van der Waals surface area contributed by atoms with Crippen LogP contribution >= 0.6 is 15.9 Å². The molecule has 0 unspecified atom stereocenters. The molecule has 0 spiro atoms. The smallest absolute Gasteiger partial charge is 0.258 e. The molecular formula is C29H22BrF2NO2S. The van der Waals surface area contributed by atoms with Crippen LogP contribution in [0.1, 0.15) is 34.7 Å². The van der Waals surface area contributed by atoms with Crippen molar-refractivity contribution in [2.24, 2.45) is 0 Å². The van der Waals surface area contributed by atoms with Gasteiger partial charge in [-0.05, 0) is 83.8 Å². The van der Waals surface area contributed by atoms with Crippen molar-refractivity contribution in [3.8, 4) is 0 Å². The second-order valence-corrected chi connectivity index (χ2v) is 11.4. The first-order valence-corrected chi connectivity index (χ1v) is 13.6. The molecule has 1 heterocycles. The van der Waals surface area contributed by atoms with Crippen molar-refractivity contribution < 1.29 is 17.2 Å². The fourth-order valence-corrected chi connectivity index (χ4v) is 6.81. The van der Waals surface area contributed by atoms with Crippen LogP contribution in [0.3, 0.4) is 0 Å². The predicted molar refractivity (Wildman–Crippen MR) is 141 cm³/mol. The zero-order chi connectivity index (χ0) is 25.4. The standard InChI is InChI=1S/C29H22BrF2NO2S/c1-19-6-16-24(17-7-19)36(34,35)33-28(25-4-2-3-5-27(25)30)18-26(20-8-12-22(31)13-9-20)29(33)21-10-14-23(32)15-11-21/h2-17,28H,18H2,1H3/t28-/m1/s1. The SMILES string of the molecule is Cc1ccc(S(=O)(=O)N2C(c3ccc(F)cc3)=C(c3ccc(F)cc3)C[C@@H]2c2ccccc2Br)cc1. The fourth-order valence-electron chi connectivity index (χ4n) is 4.57. The van der Waals surface area contributed by atoms with Crippen LogP contribution in [0.5, 0.6) is 0 Å². The Bertz CT molecular complexity index is 1550. The lowest BCUT2D eigenvalue weighted by Crippen LogP contribution is -2.30. The maximum absolute atomic E-state index is 14.3. The summed E-state index contributed by atoms with van der Waals surface area (Å²) in [5.74, 6) is -0.803. The van der Waals surface area contributed by atoms with E-state index in [1.807, 2.05) is 31.2 Å². The van der Waals surface area contributed by atoms with Gasteiger partial charge < -0.3 is 0 Å². The van der Waals surface area contributed by atoms with Gasteiger partial charge in [0.25, 0.3) is 10.0 Å². The van der Waals surface area contributed by atoms with Gasteiger partial charge in [-0.2, -0.15) is 0 Å². The molecule has 0 saturated carbocycles. The summed E-state index contributed by atoms with van der Waals surface area (Å²) < 4.78 is 58.4. The molecule has 36 heavy (non-hydrogen) atoms. The van der Waals surface area contributed by atoms with E-state index >= 15 is 0 Å². The summed E-state index contributed by atoms with van der Waals surface area (Å²) in [6.07, 6.45) is 0.353. The average molecular weight is 566 g/mol. The number of benzene rings is 4. The lowest BCUT2D eigenvalue weighted by atomic mass is 9.96. The van der Waals surface area contributed by atoms with Crippen molar-refractivity contribution in [2.75, 3.05) is 0 Å². The van der Waals surface area contributed by atoms with E-state index in [1.165, 1.54) is 28.6 Å². The minimum Gasteiger partial charge on any atom is -0.258 e. The highest BCUT2D eigenvalue weighted by Gasteiger charge is 2.42. The summed E-state index contributed by atoms with van der Waals surface area (Å²) in [6, 6.07) is 25.4. The van der Waals surface area contributed by atoms with Crippen LogP contribution in [0.2, 0.25) is 0 Å². The summed E-state index contributed by atoms with van der Waals surface area (Å²) >= 11 is 3.60. The topological polar surface area (TPSA) is 37.4 Å². The molecule has 0 aromatic heterocycles. The third-order valence-corrected chi connectivity index (χ3v) is 8.88. The van der Waals surface area contributed by atoms with Crippen LogP contribution in [0.15, 0.2) is 106 Å². The molecule has 0 amide bonds. The predicted octanol–water partition coefficient (Wildman–Crippen LogP) is 7.74. The largest absolute Gasteiger partial charge is 0.264 e. The molecule has 0 N–H and O–H groups in total.